The Morgan fingerprint density at radius 2 is 1.88 bits per heavy atom. The summed E-state index contributed by atoms with van der Waals surface area (Å²) >= 11 is 17.8. The van der Waals surface area contributed by atoms with E-state index in [-0.39, 0.29) is 5.38 Å². The molecule has 0 fully saturated rings. The molecule has 1 unspecified atom stereocenters. The van der Waals surface area contributed by atoms with Crippen LogP contribution in [-0.4, -0.2) is 0 Å². The number of halogens is 3. The van der Waals surface area contributed by atoms with Crippen LogP contribution in [-0.2, 0) is 0 Å². The normalized spacial score (nSPS) is 12.8. The van der Waals surface area contributed by atoms with Crippen molar-refractivity contribution in [3.05, 3.63) is 54.6 Å². The van der Waals surface area contributed by atoms with Crippen molar-refractivity contribution in [1.29, 1.82) is 0 Å². The highest BCUT2D eigenvalue weighted by atomic mass is 79.9. The van der Waals surface area contributed by atoms with Crippen LogP contribution >= 0.6 is 50.5 Å². The van der Waals surface area contributed by atoms with Crippen molar-refractivity contribution in [1.82, 2.24) is 0 Å². The molecule has 90 valence electrons. The van der Waals surface area contributed by atoms with Crippen LogP contribution in [0.1, 0.15) is 26.9 Å². The molecule has 0 amide bonds. The molecule has 0 aliphatic rings. The van der Waals surface area contributed by atoms with Gasteiger partial charge in [-0.15, -0.1) is 22.9 Å². The fourth-order valence-corrected chi connectivity index (χ4v) is 3.64. The van der Waals surface area contributed by atoms with Gasteiger partial charge in [0.05, 0.1) is 9.16 Å². The SMILES string of the molecule is Cc1ccc(C(Cl)c2cc(C)c(Br)s2)cc1Cl. The third-order valence-corrected chi connectivity index (χ3v) is 5.84. The molecular weight excluding hydrogens is 339 g/mol. The number of hydrogen-bond acceptors (Lipinski definition) is 1. The lowest BCUT2D eigenvalue weighted by atomic mass is 10.1. The summed E-state index contributed by atoms with van der Waals surface area (Å²) in [6, 6.07) is 8.09. The predicted molar refractivity (Wildman–Crippen MR) is 80.6 cm³/mol. The standard InChI is InChI=1S/C13H11BrCl2S/c1-7-3-4-9(6-10(7)15)12(16)11-5-8(2)13(14)17-11/h3-6,12H,1-2H3. The Morgan fingerprint density at radius 1 is 1.18 bits per heavy atom. The van der Waals surface area contributed by atoms with Gasteiger partial charge in [-0.3, -0.25) is 0 Å². The Morgan fingerprint density at radius 3 is 2.41 bits per heavy atom. The summed E-state index contributed by atoms with van der Waals surface area (Å²) in [5.41, 5.74) is 3.33. The minimum atomic E-state index is -0.136. The van der Waals surface area contributed by atoms with E-state index in [0.29, 0.717) is 0 Å². The second-order valence-corrected chi connectivity index (χ2v) is 7.22. The van der Waals surface area contributed by atoms with E-state index in [1.54, 1.807) is 11.3 Å². The highest BCUT2D eigenvalue weighted by molar-refractivity contribution is 9.11. The summed E-state index contributed by atoms with van der Waals surface area (Å²) in [4.78, 5) is 1.14. The topological polar surface area (TPSA) is 0 Å². The van der Waals surface area contributed by atoms with E-state index in [4.69, 9.17) is 23.2 Å². The molecule has 0 saturated carbocycles. The first-order valence-electron chi connectivity index (χ1n) is 5.15. The molecule has 2 aromatic rings. The highest BCUT2D eigenvalue weighted by Crippen LogP contribution is 2.38. The maximum absolute atomic E-state index is 6.47. The Kier molecular flexibility index (Phi) is 4.19. The molecular formula is C13H11BrCl2S. The highest BCUT2D eigenvalue weighted by Gasteiger charge is 2.15. The van der Waals surface area contributed by atoms with Crippen molar-refractivity contribution in [2.24, 2.45) is 0 Å². The van der Waals surface area contributed by atoms with Crippen LogP contribution in [0.5, 0.6) is 0 Å². The van der Waals surface area contributed by atoms with Gasteiger partial charge in [-0.1, -0.05) is 23.7 Å². The first kappa shape index (κ1) is 13.4. The van der Waals surface area contributed by atoms with Crippen molar-refractivity contribution in [3.8, 4) is 0 Å². The Balaban J connectivity index is 2.36. The molecule has 1 atom stereocenters. The third kappa shape index (κ3) is 2.87. The number of rotatable bonds is 2. The molecule has 0 nitrogen and oxygen atoms in total. The summed E-state index contributed by atoms with van der Waals surface area (Å²) in [7, 11) is 0. The van der Waals surface area contributed by atoms with Crippen LogP contribution in [0.3, 0.4) is 0 Å². The molecule has 4 heteroatoms. The number of benzene rings is 1. The lowest BCUT2D eigenvalue weighted by Crippen LogP contribution is -1.90. The quantitative estimate of drug-likeness (QED) is 0.574. The van der Waals surface area contributed by atoms with Gasteiger partial charge in [0.25, 0.3) is 0 Å². The van der Waals surface area contributed by atoms with Gasteiger partial charge in [-0.25, -0.2) is 0 Å². The van der Waals surface area contributed by atoms with Crippen molar-refractivity contribution in [2.75, 3.05) is 0 Å². The summed E-state index contributed by atoms with van der Waals surface area (Å²) < 4.78 is 1.14. The van der Waals surface area contributed by atoms with E-state index in [1.807, 2.05) is 25.1 Å². The average molecular weight is 350 g/mol. The summed E-state index contributed by atoms with van der Waals surface area (Å²) in [6.07, 6.45) is 0. The van der Waals surface area contributed by atoms with Crippen LogP contribution in [0, 0.1) is 13.8 Å². The van der Waals surface area contributed by atoms with E-state index in [2.05, 4.69) is 28.9 Å². The van der Waals surface area contributed by atoms with Crippen LogP contribution in [0.25, 0.3) is 0 Å². The van der Waals surface area contributed by atoms with E-state index >= 15 is 0 Å². The lowest BCUT2D eigenvalue weighted by Gasteiger charge is -2.09. The van der Waals surface area contributed by atoms with Crippen LogP contribution in [0.2, 0.25) is 5.02 Å². The van der Waals surface area contributed by atoms with Gasteiger partial charge in [0, 0.05) is 9.90 Å². The van der Waals surface area contributed by atoms with Crippen LogP contribution in [0.15, 0.2) is 28.1 Å². The maximum atomic E-state index is 6.47. The van der Waals surface area contributed by atoms with Crippen molar-refractivity contribution in [3.63, 3.8) is 0 Å². The zero-order chi connectivity index (χ0) is 12.6. The van der Waals surface area contributed by atoms with Gasteiger partial charge in [0.2, 0.25) is 0 Å². The molecule has 0 saturated heterocycles. The Bertz CT molecular complexity index is 529. The molecule has 1 aromatic carbocycles. The average Bonchev–Trinajstić information content (AvgIpc) is 2.62. The molecule has 17 heavy (non-hydrogen) atoms. The number of aryl methyl sites for hydroxylation is 2. The maximum Gasteiger partial charge on any atom is 0.0928 e. The molecule has 0 aliphatic carbocycles. The summed E-state index contributed by atoms with van der Waals surface area (Å²) in [5, 5.41) is 0.628. The zero-order valence-corrected chi connectivity index (χ0v) is 13.3. The largest absolute Gasteiger partial charge is 0.131 e. The Hall–Kier alpha value is -0.0200. The monoisotopic (exact) mass is 348 g/mol. The summed E-state index contributed by atoms with van der Waals surface area (Å²) in [5.74, 6) is 0. The number of alkyl halides is 1. The van der Waals surface area contributed by atoms with E-state index in [9.17, 15) is 0 Å². The van der Waals surface area contributed by atoms with Crippen LogP contribution in [0.4, 0.5) is 0 Å². The lowest BCUT2D eigenvalue weighted by molar-refractivity contribution is 1.17. The molecule has 1 aromatic heterocycles. The molecule has 0 N–H and O–H groups in total. The van der Waals surface area contributed by atoms with Gasteiger partial charge in [0.1, 0.15) is 0 Å². The minimum Gasteiger partial charge on any atom is -0.131 e. The first-order valence-corrected chi connectivity index (χ1v) is 7.57. The molecule has 0 aliphatic heterocycles. The van der Waals surface area contributed by atoms with Gasteiger partial charge in [-0.05, 0) is 58.6 Å². The van der Waals surface area contributed by atoms with Gasteiger partial charge in [0.15, 0.2) is 0 Å². The third-order valence-electron chi connectivity index (χ3n) is 2.61. The van der Waals surface area contributed by atoms with E-state index < -0.39 is 0 Å². The number of thiophene rings is 1. The molecule has 1 heterocycles. The van der Waals surface area contributed by atoms with Crippen molar-refractivity contribution < 1.29 is 0 Å². The molecule has 0 radical (unpaired) electrons. The molecule has 2 rings (SSSR count). The van der Waals surface area contributed by atoms with E-state index in [1.165, 1.54) is 5.56 Å². The second-order valence-electron chi connectivity index (χ2n) is 3.98. The van der Waals surface area contributed by atoms with Gasteiger partial charge < -0.3 is 0 Å². The minimum absolute atomic E-state index is 0.136. The van der Waals surface area contributed by atoms with Crippen LogP contribution < -0.4 is 0 Å². The molecule has 0 bridgehead atoms. The fraction of sp³-hybridized carbons (Fsp3) is 0.231. The summed E-state index contributed by atoms with van der Waals surface area (Å²) in [6.45, 7) is 4.05. The second kappa shape index (κ2) is 5.31. The van der Waals surface area contributed by atoms with E-state index in [0.717, 1.165) is 24.8 Å². The molecule has 0 spiro atoms. The van der Waals surface area contributed by atoms with Gasteiger partial charge in [-0.2, -0.15) is 0 Å². The van der Waals surface area contributed by atoms with Crippen molar-refractivity contribution >= 4 is 50.5 Å². The number of hydrogen-bond donors (Lipinski definition) is 0. The predicted octanol–water partition coefficient (Wildman–Crippen LogP) is 6.11. The zero-order valence-electron chi connectivity index (χ0n) is 9.43. The fourth-order valence-electron chi connectivity index (χ4n) is 1.54. The first-order chi connectivity index (χ1) is 7.99. The van der Waals surface area contributed by atoms with Crippen molar-refractivity contribution in [2.45, 2.75) is 19.2 Å². The van der Waals surface area contributed by atoms with Gasteiger partial charge >= 0.3 is 0 Å². The smallest absolute Gasteiger partial charge is 0.0928 e. The Labute approximate surface area is 124 Å².